The minimum absolute atomic E-state index is 0.205. The number of nitrogens with one attached hydrogen (secondary N) is 2. The molecule has 0 amide bonds. The van der Waals surface area contributed by atoms with Gasteiger partial charge in [0.2, 0.25) is 0 Å². The van der Waals surface area contributed by atoms with Crippen LogP contribution in [-0.4, -0.2) is 78.5 Å². The Balaban J connectivity index is 1.25. The topological polar surface area (TPSA) is 151 Å². The van der Waals surface area contributed by atoms with Gasteiger partial charge in [-0.25, -0.2) is 23.4 Å². The molecular weight excluding hydrogens is 566 g/mol. The van der Waals surface area contributed by atoms with Gasteiger partial charge in [-0.05, 0) is 77.2 Å². The Morgan fingerprint density at radius 2 is 1.81 bits per heavy atom. The predicted octanol–water partition coefficient (Wildman–Crippen LogP) is 4.05. The summed E-state index contributed by atoms with van der Waals surface area (Å²) in [6.45, 7) is 2.70. The molecule has 2 saturated carbocycles. The number of anilines is 3. The Hall–Kier alpha value is -3.94. The predicted molar refractivity (Wildman–Crippen MR) is 165 cm³/mol. The zero-order chi connectivity index (χ0) is 30.2. The van der Waals surface area contributed by atoms with Gasteiger partial charge in [0.1, 0.15) is 11.6 Å². The Morgan fingerprint density at radius 3 is 2.51 bits per heavy atom. The van der Waals surface area contributed by atoms with Crippen LogP contribution in [0.5, 0.6) is 0 Å². The molecule has 0 unspecified atom stereocenters. The highest BCUT2D eigenvalue weighted by Crippen LogP contribution is 2.34. The quantitative estimate of drug-likeness (QED) is 0.241. The molecule has 0 spiro atoms. The molecule has 0 aromatic carbocycles. The molecule has 43 heavy (non-hydrogen) atoms. The summed E-state index contributed by atoms with van der Waals surface area (Å²) in [5.41, 5.74) is 3.59. The number of hydrogen-bond acceptors (Lipinski definition) is 11. The zero-order valence-corrected chi connectivity index (χ0v) is 25.4. The van der Waals surface area contributed by atoms with E-state index in [9.17, 15) is 13.5 Å². The largest absolute Gasteiger partial charge is 0.390 e. The highest BCUT2D eigenvalue weighted by Gasteiger charge is 2.37. The van der Waals surface area contributed by atoms with E-state index in [1.54, 1.807) is 18.5 Å². The summed E-state index contributed by atoms with van der Waals surface area (Å²) in [5.74, 6) is 1.44. The van der Waals surface area contributed by atoms with E-state index in [-0.39, 0.29) is 11.3 Å². The van der Waals surface area contributed by atoms with Crippen LogP contribution in [0.15, 0.2) is 55.2 Å². The lowest BCUT2D eigenvalue weighted by atomic mass is 9.83. The third-order valence-corrected chi connectivity index (χ3v) is 9.90. The van der Waals surface area contributed by atoms with Crippen molar-refractivity contribution in [2.24, 2.45) is 0 Å². The van der Waals surface area contributed by atoms with Crippen LogP contribution in [-0.2, 0) is 16.6 Å². The number of rotatable bonds is 10. The first-order valence-electron chi connectivity index (χ1n) is 14.5. The van der Waals surface area contributed by atoms with E-state index in [0.29, 0.717) is 35.9 Å². The smallest absolute Gasteiger partial charge is 0.256 e. The number of aromatic nitrogens is 6. The van der Waals surface area contributed by atoms with Crippen LogP contribution < -0.4 is 10.6 Å². The molecule has 0 atom stereocenters. The van der Waals surface area contributed by atoms with E-state index < -0.39 is 15.6 Å². The lowest BCUT2D eigenvalue weighted by molar-refractivity contribution is 0.0196. The fourth-order valence-corrected chi connectivity index (χ4v) is 6.75. The van der Waals surface area contributed by atoms with Crippen LogP contribution in [0.1, 0.15) is 51.0 Å². The van der Waals surface area contributed by atoms with E-state index in [0.717, 1.165) is 58.8 Å². The van der Waals surface area contributed by atoms with Crippen molar-refractivity contribution in [3.05, 3.63) is 60.8 Å². The molecular formula is C30H37N9O3S. The third kappa shape index (κ3) is 6.84. The van der Waals surface area contributed by atoms with Crippen LogP contribution in [0.2, 0.25) is 0 Å². The zero-order valence-electron chi connectivity index (χ0n) is 24.6. The van der Waals surface area contributed by atoms with Crippen molar-refractivity contribution in [1.29, 1.82) is 0 Å². The SMILES string of the molecule is CN(C)Cc1ccc(-c2cnc(Nc3ccnc(-c4cnn(S(=O)(=O)C5CC5)c4)n3)cc2NC2CCC(C)(O)CC2)nc1. The fraction of sp³-hybridized carbons (Fsp3) is 0.433. The maximum atomic E-state index is 12.6. The Kier molecular flexibility index (Phi) is 7.88. The highest BCUT2D eigenvalue weighted by atomic mass is 32.2. The molecule has 3 N–H and O–H groups in total. The lowest BCUT2D eigenvalue weighted by Gasteiger charge is -2.34. The molecule has 226 valence electrons. The first-order valence-corrected chi connectivity index (χ1v) is 16.0. The first kappa shape index (κ1) is 29.1. The minimum atomic E-state index is -3.47. The highest BCUT2D eigenvalue weighted by molar-refractivity contribution is 7.90. The molecule has 0 saturated heterocycles. The van der Waals surface area contributed by atoms with E-state index >= 15 is 0 Å². The molecule has 13 heteroatoms. The first-order chi connectivity index (χ1) is 20.6. The van der Waals surface area contributed by atoms with Crippen molar-refractivity contribution in [3.8, 4) is 22.6 Å². The maximum absolute atomic E-state index is 12.6. The van der Waals surface area contributed by atoms with Crippen LogP contribution in [0.3, 0.4) is 0 Å². The van der Waals surface area contributed by atoms with Crippen molar-refractivity contribution in [1.82, 2.24) is 34.0 Å². The molecule has 4 aromatic heterocycles. The van der Waals surface area contributed by atoms with Crippen molar-refractivity contribution >= 4 is 27.3 Å². The van der Waals surface area contributed by atoms with E-state index in [1.165, 1.54) is 12.4 Å². The molecule has 0 radical (unpaired) electrons. The lowest BCUT2D eigenvalue weighted by Crippen LogP contribution is -2.35. The molecule has 12 nitrogen and oxygen atoms in total. The summed E-state index contributed by atoms with van der Waals surface area (Å²) in [5, 5.41) is 21.1. The number of hydrogen-bond donors (Lipinski definition) is 3. The maximum Gasteiger partial charge on any atom is 0.256 e. The second-order valence-electron chi connectivity index (χ2n) is 12.1. The third-order valence-electron chi connectivity index (χ3n) is 7.86. The summed E-state index contributed by atoms with van der Waals surface area (Å²) in [4.78, 5) is 20.4. The molecule has 4 aromatic rings. The monoisotopic (exact) mass is 603 g/mol. The normalized spacial score (nSPS) is 20.7. The standard InChI is InChI=1S/C30H37N9O3S/c1-30(40)11-8-22(9-12-30)35-26-14-28(33-17-24(26)25-7-4-20(15-32-25)18-38(2)3)36-27-10-13-31-29(37-27)21-16-34-39(19-21)43(41,42)23-5-6-23/h4,7,10,13-17,19,22-23,40H,5-6,8-9,11-12,18H2,1-3H3,(H2,31,33,35,36,37). The van der Waals surface area contributed by atoms with E-state index in [2.05, 4.69) is 41.7 Å². The molecule has 4 heterocycles. The average molecular weight is 604 g/mol. The van der Waals surface area contributed by atoms with Gasteiger partial charge in [0.25, 0.3) is 10.0 Å². The Labute approximate surface area is 251 Å². The van der Waals surface area contributed by atoms with E-state index in [4.69, 9.17) is 4.98 Å². The van der Waals surface area contributed by atoms with Gasteiger partial charge in [0, 0.05) is 48.5 Å². The van der Waals surface area contributed by atoms with Gasteiger partial charge in [0.15, 0.2) is 5.82 Å². The van der Waals surface area contributed by atoms with Gasteiger partial charge in [-0.2, -0.15) is 9.19 Å². The number of pyridine rings is 2. The van der Waals surface area contributed by atoms with Crippen LogP contribution >= 0.6 is 0 Å². The van der Waals surface area contributed by atoms with Gasteiger partial charge >= 0.3 is 0 Å². The van der Waals surface area contributed by atoms with Gasteiger partial charge in [-0.3, -0.25) is 4.98 Å². The van der Waals surface area contributed by atoms with Gasteiger partial charge in [0.05, 0.1) is 34.5 Å². The van der Waals surface area contributed by atoms with E-state index in [1.807, 2.05) is 39.3 Å². The average Bonchev–Trinajstić information content (AvgIpc) is 3.72. The van der Waals surface area contributed by atoms with Crippen molar-refractivity contribution < 1.29 is 13.5 Å². The van der Waals surface area contributed by atoms with Crippen molar-refractivity contribution in [3.63, 3.8) is 0 Å². The van der Waals surface area contributed by atoms with Crippen LogP contribution in [0.4, 0.5) is 17.3 Å². The van der Waals surface area contributed by atoms with Crippen LogP contribution in [0.25, 0.3) is 22.6 Å². The second kappa shape index (κ2) is 11.6. The van der Waals surface area contributed by atoms with Gasteiger partial charge in [-0.1, -0.05) is 6.07 Å². The Morgan fingerprint density at radius 1 is 1.02 bits per heavy atom. The van der Waals surface area contributed by atoms with Crippen molar-refractivity contribution in [2.75, 3.05) is 24.7 Å². The molecule has 0 aliphatic heterocycles. The summed E-state index contributed by atoms with van der Waals surface area (Å²) < 4.78 is 26.1. The number of aliphatic hydroxyl groups is 1. The van der Waals surface area contributed by atoms with Crippen molar-refractivity contribution in [2.45, 2.75) is 68.9 Å². The molecule has 2 aliphatic carbocycles. The second-order valence-corrected chi connectivity index (χ2v) is 14.1. The number of nitrogens with zero attached hydrogens (tertiary/aromatic N) is 7. The fourth-order valence-electron chi connectivity index (χ4n) is 5.27. The minimum Gasteiger partial charge on any atom is -0.390 e. The van der Waals surface area contributed by atoms with Gasteiger partial charge in [-0.15, -0.1) is 0 Å². The molecule has 6 rings (SSSR count). The molecule has 2 fully saturated rings. The Bertz CT molecular complexity index is 1690. The summed E-state index contributed by atoms with van der Waals surface area (Å²) in [6, 6.07) is 7.97. The summed E-state index contributed by atoms with van der Waals surface area (Å²) >= 11 is 0. The van der Waals surface area contributed by atoms with Gasteiger partial charge < -0.3 is 20.6 Å². The summed E-state index contributed by atoms with van der Waals surface area (Å²) in [6.07, 6.45) is 12.7. The molecule has 0 bridgehead atoms. The van der Waals surface area contributed by atoms with Crippen LogP contribution in [0, 0.1) is 0 Å². The molecule has 2 aliphatic rings. The summed E-state index contributed by atoms with van der Waals surface area (Å²) in [7, 11) is 0.582.